The van der Waals surface area contributed by atoms with Crippen LogP contribution in [0.4, 0.5) is 0 Å². The van der Waals surface area contributed by atoms with Crippen molar-refractivity contribution >= 4 is 18.0 Å². The van der Waals surface area contributed by atoms with Gasteiger partial charge in [0.15, 0.2) is 12.9 Å². The Labute approximate surface area is 222 Å². The van der Waals surface area contributed by atoms with Crippen LogP contribution in [0.2, 0.25) is 0 Å². The number of ether oxygens (including phenoxy) is 2. The summed E-state index contributed by atoms with van der Waals surface area (Å²) < 4.78 is 11.6. The molecule has 0 radical (unpaired) electrons. The second-order valence-corrected chi connectivity index (χ2v) is 11.0. The van der Waals surface area contributed by atoms with Crippen LogP contribution in [-0.2, 0) is 24.6 Å². The smallest absolute Gasteiger partial charge is 0.328 e. The second-order valence-electron chi connectivity index (χ2n) is 11.0. The van der Waals surface area contributed by atoms with Crippen LogP contribution in [0.25, 0.3) is 17.2 Å². The number of hydroxylamine groups is 1. The fraction of sp³-hybridized carbons (Fsp3) is 0.419. The maximum Gasteiger partial charge on any atom is 0.328 e. The Morgan fingerprint density at radius 2 is 1.87 bits per heavy atom. The Hall–Kier alpha value is -3.42. The molecule has 198 valence electrons. The molecular formula is C31H33NO6. The van der Waals surface area contributed by atoms with Crippen molar-refractivity contribution in [1.82, 2.24) is 5.48 Å². The van der Waals surface area contributed by atoms with Crippen molar-refractivity contribution in [3.05, 3.63) is 71.3 Å². The summed E-state index contributed by atoms with van der Waals surface area (Å²) in [4.78, 5) is 28.8. The van der Waals surface area contributed by atoms with E-state index in [0.717, 1.165) is 67.0 Å². The summed E-state index contributed by atoms with van der Waals surface area (Å²) in [5.41, 5.74) is 8.28. The van der Waals surface area contributed by atoms with Crippen LogP contribution in [0.15, 0.2) is 60.2 Å². The van der Waals surface area contributed by atoms with E-state index >= 15 is 0 Å². The van der Waals surface area contributed by atoms with Gasteiger partial charge in [-0.2, -0.15) is 0 Å². The topological polar surface area (TPSA) is 94.1 Å². The number of aliphatic carboxylic acids is 1. The van der Waals surface area contributed by atoms with Crippen LogP contribution in [0.5, 0.6) is 5.75 Å². The first-order valence-corrected chi connectivity index (χ1v) is 13.5. The van der Waals surface area contributed by atoms with E-state index in [4.69, 9.17) is 19.4 Å². The van der Waals surface area contributed by atoms with Crippen LogP contribution in [0.3, 0.4) is 0 Å². The zero-order valence-corrected chi connectivity index (χ0v) is 21.4. The van der Waals surface area contributed by atoms with Crippen LogP contribution in [-0.4, -0.2) is 36.5 Å². The van der Waals surface area contributed by atoms with Gasteiger partial charge in [-0.25, -0.2) is 15.1 Å². The number of hydrogen-bond donors (Lipinski definition) is 2. The molecule has 1 amide bonds. The van der Waals surface area contributed by atoms with Gasteiger partial charge >= 0.3 is 5.97 Å². The highest BCUT2D eigenvalue weighted by Crippen LogP contribution is 2.64. The summed E-state index contributed by atoms with van der Waals surface area (Å²) in [5.74, 6) is 0.787. The lowest BCUT2D eigenvalue weighted by molar-refractivity contribution is -0.201. The molecule has 1 heterocycles. The van der Waals surface area contributed by atoms with Gasteiger partial charge < -0.3 is 14.6 Å². The van der Waals surface area contributed by atoms with E-state index in [1.54, 1.807) is 11.6 Å². The van der Waals surface area contributed by atoms with Crippen LogP contribution < -0.4 is 10.2 Å². The van der Waals surface area contributed by atoms with E-state index in [0.29, 0.717) is 18.4 Å². The maximum absolute atomic E-state index is 12.5. The minimum Gasteiger partial charge on any atom is -0.483 e. The van der Waals surface area contributed by atoms with Gasteiger partial charge in [-0.15, -0.1) is 0 Å². The summed E-state index contributed by atoms with van der Waals surface area (Å²) in [6.45, 7) is 0.516. The van der Waals surface area contributed by atoms with Crippen molar-refractivity contribution in [2.45, 2.75) is 56.7 Å². The van der Waals surface area contributed by atoms with Crippen LogP contribution in [0.1, 0.15) is 56.1 Å². The number of rotatable bonds is 9. The van der Waals surface area contributed by atoms with Crippen molar-refractivity contribution in [1.29, 1.82) is 0 Å². The molecule has 4 fully saturated rings. The van der Waals surface area contributed by atoms with Crippen molar-refractivity contribution in [2.75, 3.05) is 13.2 Å². The van der Waals surface area contributed by atoms with Crippen molar-refractivity contribution in [3.63, 3.8) is 0 Å². The summed E-state index contributed by atoms with van der Waals surface area (Å²) in [7, 11) is 0. The zero-order valence-electron chi connectivity index (χ0n) is 21.4. The van der Waals surface area contributed by atoms with E-state index in [9.17, 15) is 9.59 Å². The van der Waals surface area contributed by atoms with E-state index in [1.807, 2.05) is 36.4 Å². The first-order valence-electron chi connectivity index (χ1n) is 13.5. The van der Waals surface area contributed by atoms with Crippen molar-refractivity contribution in [2.24, 2.45) is 11.8 Å². The van der Waals surface area contributed by atoms with Gasteiger partial charge in [-0.1, -0.05) is 42.0 Å². The summed E-state index contributed by atoms with van der Waals surface area (Å²) in [5, 5.41) is 8.89. The largest absolute Gasteiger partial charge is 0.483 e. The highest BCUT2D eigenvalue weighted by Gasteiger charge is 2.54. The van der Waals surface area contributed by atoms with Gasteiger partial charge in [0.05, 0.1) is 0 Å². The first-order chi connectivity index (χ1) is 18.5. The minimum absolute atomic E-state index is 0.0216. The quantitative estimate of drug-likeness (QED) is 0.264. The Bertz CT molecular complexity index is 1260. The lowest BCUT2D eigenvalue weighted by Gasteiger charge is -2.58. The normalized spacial score (nSPS) is 27.5. The summed E-state index contributed by atoms with van der Waals surface area (Å²) in [6.07, 6.45) is 12.1. The number of allylic oxidation sites excluding steroid dienone is 2. The molecule has 5 aliphatic carbocycles. The third-order valence-corrected chi connectivity index (χ3v) is 8.53. The minimum atomic E-state index is -0.966. The monoisotopic (exact) mass is 515 g/mol. The molecule has 1 saturated heterocycles. The van der Waals surface area contributed by atoms with Gasteiger partial charge in [0.2, 0.25) is 0 Å². The number of carbonyl (C=O) groups excluding carboxylic acids is 1. The van der Waals surface area contributed by atoms with Gasteiger partial charge in [-0.3, -0.25) is 4.79 Å². The van der Waals surface area contributed by atoms with Crippen LogP contribution in [0, 0.1) is 11.8 Å². The fourth-order valence-corrected chi connectivity index (χ4v) is 6.67. The third-order valence-electron chi connectivity index (χ3n) is 8.53. The molecule has 3 saturated carbocycles. The standard InChI is InChI=1S/C31H33NO6/c33-28(32-38-30-3-1-2-14-36-30)19-37-27-10-9-22(21-7-4-20(5-8-21)6-11-29(34)35)16-26(27)31-13-12-25-23(17-31)15-24(25)18-31/h4-12,16,23-24,30H,1-3,13-15,17-19H2,(H,32,33)(H,34,35)/b11-6+. The molecule has 0 spiro atoms. The van der Waals surface area contributed by atoms with Crippen LogP contribution >= 0.6 is 0 Å². The number of fused-ring (bicyclic) bond motifs is 1. The fourth-order valence-electron chi connectivity index (χ4n) is 6.67. The lowest BCUT2D eigenvalue weighted by atomic mass is 9.46. The SMILES string of the molecule is O=C(O)/C=C/c1ccc(-c2ccc(OCC(=O)NOC3CCCCO3)c(C34CC=C5C(CC5C3)C4)c2)cc1. The summed E-state index contributed by atoms with van der Waals surface area (Å²) in [6, 6.07) is 14.1. The molecule has 2 aromatic carbocycles. The molecule has 0 aromatic heterocycles. The number of benzene rings is 2. The molecular weight excluding hydrogens is 482 g/mol. The third kappa shape index (κ3) is 5.00. The molecule has 38 heavy (non-hydrogen) atoms. The molecule has 6 aliphatic rings. The molecule has 3 unspecified atom stereocenters. The average molecular weight is 516 g/mol. The Morgan fingerprint density at radius 3 is 2.58 bits per heavy atom. The molecule has 3 atom stereocenters. The van der Waals surface area contributed by atoms with E-state index in [1.165, 1.54) is 12.0 Å². The number of hydrogen-bond acceptors (Lipinski definition) is 5. The summed E-state index contributed by atoms with van der Waals surface area (Å²) >= 11 is 0. The Balaban J connectivity index is 1.22. The number of nitrogens with one attached hydrogen (secondary N) is 1. The van der Waals surface area contributed by atoms with Gasteiger partial charge in [0.25, 0.3) is 5.91 Å². The Morgan fingerprint density at radius 1 is 1.08 bits per heavy atom. The molecule has 4 bridgehead atoms. The van der Waals surface area contributed by atoms with Crippen molar-refractivity contribution in [3.8, 4) is 16.9 Å². The Kier molecular flexibility index (Phi) is 6.80. The molecule has 7 nitrogen and oxygen atoms in total. The number of amides is 1. The second kappa shape index (κ2) is 10.4. The number of carbonyl (C=O) groups is 2. The van der Waals surface area contributed by atoms with E-state index in [2.05, 4.69) is 17.6 Å². The number of carboxylic acids is 1. The van der Waals surface area contributed by atoms with Gasteiger partial charge in [0, 0.05) is 30.1 Å². The molecule has 7 heteroatoms. The zero-order chi connectivity index (χ0) is 26.1. The first kappa shape index (κ1) is 24.9. The van der Waals surface area contributed by atoms with E-state index in [-0.39, 0.29) is 17.9 Å². The van der Waals surface area contributed by atoms with Gasteiger partial charge in [-0.05, 0) is 85.3 Å². The molecule has 2 N–H and O–H groups in total. The lowest BCUT2D eigenvalue weighted by Crippen LogP contribution is -2.49. The predicted molar refractivity (Wildman–Crippen MR) is 142 cm³/mol. The predicted octanol–water partition coefficient (Wildman–Crippen LogP) is 5.40. The highest BCUT2D eigenvalue weighted by atomic mass is 16.8. The van der Waals surface area contributed by atoms with E-state index < -0.39 is 12.3 Å². The highest BCUT2D eigenvalue weighted by molar-refractivity contribution is 5.85. The average Bonchev–Trinajstić information content (AvgIpc) is 2.95. The maximum atomic E-state index is 12.5. The molecule has 2 aromatic rings. The molecule has 1 aliphatic heterocycles. The van der Waals surface area contributed by atoms with Crippen molar-refractivity contribution < 1.29 is 29.0 Å². The number of carboxylic acid groups (broad SMARTS) is 1. The van der Waals surface area contributed by atoms with Gasteiger partial charge in [0.1, 0.15) is 5.75 Å². The molecule has 8 rings (SSSR count).